The van der Waals surface area contributed by atoms with Crippen LogP contribution in [0.3, 0.4) is 0 Å². The van der Waals surface area contributed by atoms with E-state index in [-0.39, 0.29) is 5.43 Å². The highest BCUT2D eigenvalue weighted by molar-refractivity contribution is 5.13. The molecule has 1 aromatic heterocycles. The maximum Gasteiger partial charge on any atom is 0.182 e. The summed E-state index contributed by atoms with van der Waals surface area (Å²) in [5.41, 5.74) is 1.70. The number of aromatic nitrogens is 1. The molecule has 1 aromatic rings. The van der Waals surface area contributed by atoms with Crippen molar-refractivity contribution in [3.05, 3.63) is 33.7 Å². The molecule has 0 fully saturated rings. The average molecular weight is 197 g/mol. The zero-order valence-electron chi connectivity index (χ0n) is 8.74. The molecule has 0 N–H and O–H groups in total. The van der Waals surface area contributed by atoms with E-state index < -0.39 is 0 Å². The van der Waals surface area contributed by atoms with Gasteiger partial charge in [0, 0.05) is 44.8 Å². The van der Waals surface area contributed by atoms with Crippen LogP contribution in [0.1, 0.15) is 11.4 Å². The van der Waals surface area contributed by atoms with Gasteiger partial charge in [0.1, 0.15) is 0 Å². The lowest BCUT2D eigenvalue weighted by molar-refractivity contribution is 0.167. The lowest BCUT2D eigenvalue weighted by Crippen LogP contribution is -2.15. The van der Waals surface area contributed by atoms with Crippen molar-refractivity contribution in [2.45, 2.75) is 13.2 Å². The quantitative estimate of drug-likeness (QED) is 0.712. The van der Waals surface area contributed by atoms with Gasteiger partial charge >= 0.3 is 0 Å². The predicted molar refractivity (Wildman–Crippen MR) is 53.1 cm³/mol. The minimum Gasteiger partial charge on any atom is -0.378 e. The van der Waals surface area contributed by atoms with E-state index >= 15 is 0 Å². The van der Waals surface area contributed by atoms with Crippen molar-refractivity contribution in [1.82, 2.24) is 4.57 Å². The maximum atomic E-state index is 11.3. The molecular weight excluding hydrogens is 182 g/mol. The molecule has 1 rings (SSSR count). The first-order valence-electron chi connectivity index (χ1n) is 4.35. The van der Waals surface area contributed by atoms with E-state index in [1.165, 1.54) is 0 Å². The molecule has 0 saturated carbocycles. The fourth-order valence-corrected chi connectivity index (χ4v) is 1.32. The average Bonchev–Trinajstić information content (AvgIpc) is 2.14. The second kappa shape index (κ2) is 4.93. The second-order valence-electron chi connectivity index (χ2n) is 3.10. The lowest BCUT2D eigenvalue weighted by atomic mass is 10.3. The summed E-state index contributed by atoms with van der Waals surface area (Å²) in [7, 11) is 5.10. The molecule has 4 heteroatoms. The molecule has 0 bridgehead atoms. The summed E-state index contributed by atoms with van der Waals surface area (Å²) in [6.07, 6.45) is 0. The van der Waals surface area contributed by atoms with Gasteiger partial charge in [-0.25, -0.2) is 0 Å². The molecule has 0 saturated heterocycles. The van der Waals surface area contributed by atoms with Crippen LogP contribution < -0.4 is 5.43 Å². The Labute approximate surface area is 83.1 Å². The lowest BCUT2D eigenvalue weighted by Gasteiger charge is -2.12. The third kappa shape index (κ3) is 2.43. The first-order valence-corrected chi connectivity index (χ1v) is 4.35. The van der Waals surface area contributed by atoms with Crippen molar-refractivity contribution < 1.29 is 9.47 Å². The van der Waals surface area contributed by atoms with E-state index in [0.717, 1.165) is 11.4 Å². The normalized spacial score (nSPS) is 10.5. The van der Waals surface area contributed by atoms with Crippen LogP contribution in [-0.4, -0.2) is 18.8 Å². The van der Waals surface area contributed by atoms with Crippen molar-refractivity contribution in [2.24, 2.45) is 7.05 Å². The smallest absolute Gasteiger partial charge is 0.182 e. The summed E-state index contributed by atoms with van der Waals surface area (Å²) < 4.78 is 11.9. The largest absolute Gasteiger partial charge is 0.378 e. The van der Waals surface area contributed by atoms with Crippen LogP contribution in [-0.2, 0) is 29.7 Å². The Kier molecular flexibility index (Phi) is 3.85. The van der Waals surface area contributed by atoms with E-state index in [4.69, 9.17) is 9.47 Å². The second-order valence-corrected chi connectivity index (χ2v) is 3.10. The molecule has 4 nitrogen and oxygen atoms in total. The molecule has 78 valence electrons. The maximum absolute atomic E-state index is 11.3. The number of nitrogens with zero attached hydrogens (tertiary/aromatic N) is 1. The van der Waals surface area contributed by atoms with Crippen LogP contribution in [0.2, 0.25) is 0 Å². The van der Waals surface area contributed by atoms with E-state index in [1.54, 1.807) is 26.4 Å². The molecule has 0 radical (unpaired) electrons. The van der Waals surface area contributed by atoms with E-state index in [9.17, 15) is 4.79 Å². The highest BCUT2D eigenvalue weighted by Crippen LogP contribution is 2.03. The van der Waals surface area contributed by atoms with Crippen LogP contribution in [0.15, 0.2) is 16.9 Å². The number of ether oxygens (including phenoxy) is 2. The monoisotopic (exact) mass is 197 g/mol. The third-order valence-corrected chi connectivity index (χ3v) is 2.06. The molecular formula is C10H15NO3. The molecule has 0 unspecified atom stereocenters. The zero-order chi connectivity index (χ0) is 10.6. The van der Waals surface area contributed by atoms with Crippen molar-refractivity contribution in [3.8, 4) is 0 Å². The highest BCUT2D eigenvalue weighted by Gasteiger charge is 2.03. The number of hydrogen-bond donors (Lipinski definition) is 0. The molecule has 0 aliphatic heterocycles. The van der Waals surface area contributed by atoms with Crippen LogP contribution >= 0.6 is 0 Å². The summed E-state index contributed by atoms with van der Waals surface area (Å²) in [6, 6.07) is 3.14. The summed E-state index contributed by atoms with van der Waals surface area (Å²) in [5.74, 6) is 0. The summed E-state index contributed by atoms with van der Waals surface area (Å²) in [4.78, 5) is 11.3. The topological polar surface area (TPSA) is 40.5 Å². The van der Waals surface area contributed by atoms with E-state index in [0.29, 0.717) is 13.2 Å². The van der Waals surface area contributed by atoms with Crippen LogP contribution in [0, 0.1) is 0 Å². The molecule has 0 aliphatic rings. The molecule has 14 heavy (non-hydrogen) atoms. The van der Waals surface area contributed by atoms with Gasteiger partial charge in [-0.05, 0) is 0 Å². The third-order valence-electron chi connectivity index (χ3n) is 2.06. The minimum atomic E-state index is -0.0119. The fourth-order valence-electron chi connectivity index (χ4n) is 1.32. The van der Waals surface area contributed by atoms with Gasteiger partial charge < -0.3 is 14.0 Å². The van der Waals surface area contributed by atoms with Crippen LogP contribution in [0.25, 0.3) is 0 Å². The molecule has 1 heterocycles. The number of methoxy groups -OCH3 is 2. The summed E-state index contributed by atoms with van der Waals surface area (Å²) in [6.45, 7) is 0.868. The van der Waals surface area contributed by atoms with Crippen molar-refractivity contribution in [3.63, 3.8) is 0 Å². The molecule has 0 amide bonds. The van der Waals surface area contributed by atoms with Gasteiger partial charge in [0.25, 0.3) is 0 Å². The van der Waals surface area contributed by atoms with Crippen molar-refractivity contribution in [2.75, 3.05) is 14.2 Å². The fraction of sp³-hybridized carbons (Fsp3) is 0.500. The van der Waals surface area contributed by atoms with Crippen LogP contribution in [0.5, 0.6) is 0 Å². The minimum absolute atomic E-state index is 0.0119. The molecule has 0 spiro atoms. The zero-order valence-corrected chi connectivity index (χ0v) is 8.74. The van der Waals surface area contributed by atoms with Crippen molar-refractivity contribution in [1.29, 1.82) is 0 Å². The molecule has 0 aliphatic carbocycles. The Morgan fingerprint density at radius 1 is 1.14 bits per heavy atom. The van der Waals surface area contributed by atoms with Crippen molar-refractivity contribution >= 4 is 0 Å². The Bertz CT molecular complexity index is 327. The highest BCUT2D eigenvalue weighted by atomic mass is 16.5. The van der Waals surface area contributed by atoms with Crippen LogP contribution in [0.4, 0.5) is 0 Å². The first kappa shape index (κ1) is 10.9. The first-order chi connectivity index (χ1) is 6.69. The number of rotatable bonds is 4. The Balaban J connectivity index is 3.11. The van der Waals surface area contributed by atoms with Gasteiger partial charge in [-0.3, -0.25) is 4.79 Å². The Hall–Kier alpha value is -1.13. The van der Waals surface area contributed by atoms with E-state index in [2.05, 4.69) is 0 Å². The van der Waals surface area contributed by atoms with E-state index in [1.807, 2.05) is 11.6 Å². The van der Waals surface area contributed by atoms with Gasteiger partial charge in [-0.1, -0.05) is 0 Å². The summed E-state index contributed by atoms with van der Waals surface area (Å²) >= 11 is 0. The Morgan fingerprint density at radius 2 is 1.57 bits per heavy atom. The van der Waals surface area contributed by atoms with Gasteiger partial charge in [0.05, 0.1) is 13.2 Å². The summed E-state index contributed by atoms with van der Waals surface area (Å²) in [5, 5.41) is 0. The van der Waals surface area contributed by atoms with Gasteiger partial charge in [-0.15, -0.1) is 0 Å². The van der Waals surface area contributed by atoms with Gasteiger partial charge in [-0.2, -0.15) is 0 Å². The van der Waals surface area contributed by atoms with Gasteiger partial charge in [0.15, 0.2) is 5.43 Å². The SMILES string of the molecule is COCc1cc(=O)cc(COC)n1C. The predicted octanol–water partition coefficient (Wildman–Crippen LogP) is 0.678. The molecule has 0 aromatic carbocycles. The number of hydrogen-bond acceptors (Lipinski definition) is 3. The standard InChI is InChI=1S/C10H15NO3/c1-11-8(6-13-2)4-10(12)5-9(11)7-14-3/h4-5H,6-7H2,1-3H3. The van der Waals surface area contributed by atoms with Gasteiger partial charge in [0.2, 0.25) is 0 Å². The Morgan fingerprint density at radius 3 is 1.93 bits per heavy atom. The molecule has 0 atom stereocenters. The number of pyridine rings is 1.